The summed E-state index contributed by atoms with van der Waals surface area (Å²) in [5, 5.41) is 5.49. The van der Waals surface area contributed by atoms with Crippen LogP contribution in [-0.2, 0) is 19.7 Å². The minimum absolute atomic E-state index is 0.00815. The molecule has 0 aromatic heterocycles. The summed E-state index contributed by atoms with van der Waals surface area (Å²) >= 11 is 5.34. The molecule has 2 N–H and O–H groups in total. The van der Waals surface area contributed by atoms with Gasteiger partial charge in [0, 0.05) is 18.7 Å². The predicted molar refractivity (Wildman–Crippen MR) is 110 cm³/mol. The number of nitrogens with one attached hydrogen (secondary N) is 2. The van der Waals surface area contributed by atoms with Gasteiger partial charge in [-0.15, -0.1) is 0 Å². The predicted octanol–water partition coefficient (Wildman–Crippen LogP) is 1.75. The molecular formula is C20H27N3O4S. The smallest absolute Gasteiger partial charge is 0.308 e. The van der Waals surface area contributed by atoms with E-state index < -0.39 is 12.0 Å². The number of carbonyl (C=O) groups excluding carboxylic acids is 3. The van der Waals surface area contributed by atoms with Gasteiger partial charge in [0.05, 0.1) is 13.0 Å². The third kappa shape index (κ3) is 5.51. The van der Waals surface area contributed by atoms with E-state index >= 15 is 0 Å². The van der Waals surface area contributed by atoms with Gasteiger partial charge in [0.25, 0.3) is 5.91 Å². The van der Waals surface area contributed by atoms with Gasteiger partial charge >= 0.3 is 5.97 Å². The first kappa shape index (κ1) is 21.8. The number of benzene rings is 1. The molecule has 0 bridgehead atoms. The summed E-state index contributed by atoms with van der Waals surface area (Å²) in [6.45, 7) is 9.02. The topological polar surface area (TPSA) is 87.7 Å². The van der Waals surface area contributed by atoms with Gasteiger partial charge in [0.15, 0.2) is 5.11 Å². The summed E-state index contributed by atoms with van der Waals surface area (Å²) < 4.78 is 4.93. The van der Waals surface area contributed by atoms with Crippen molar-refractivity contribution in [2.75, 3.05) is 19.7 Å². The fourth-order valence-corrected chi connectivity index (χ4v) is 3.21. The van der Waals surface area contributed by atoms with Crippen LogP contribution < -0.4 is 10.6 Å². The molecule has 1 heterocycles. The van der Waals surface area contributed by atoms with Crippen LogP contribution in [0.2, 0.25) is 0 Å². The van der Waals surface area contributed by atoms with Crippen LogP contribution in [0.15, 0.2) is 24.3 Å². The minimum atomic E-state index is -0.802. The molecule has 0 saturated carbocycles. The van der Waals surface area contributed by atoms with Crippen molar-refractivity contribution in [2.45, 2.75) is 45.6 Å². The van der Waals surface area contributed by atoms with E-state index in [2.05, 4.69) is 31.4 Å². The van der Waals surface area contributed by atoms with Gasteiger partial charge < -0.3 is 15.0 Å². The molecule has 1 aromatic carbocycles. The zero-order chi connectivity index (χ0) is 20.9. The first-order valence-electron chi connectivity index (χ1n) is 9.29. The fourth-order valence-electron chi connectivity index (χ4n) is 2.90. The number of esters is 1. The molecule has 1 aliphatic rings. The van der Waals surface area contributed by atoms with Gasteiger partial charge in [-0.3, -0.25) is 19.7 Å². The molecule has 1 atom stereocenters. The highest BCUT2D eigenvalue weighted by molar-refractivity contribution is 7.80. The van der Waals surface area contributed by atoms with Gasteiger partial charge in [-0.05, 0) is 42.3 Å². The van der Waals surface area contributed by atoms with Gasteiger partial charge in [-0.25, -0.2) is 0 Å². The lowest BCUT2D eigenvalue weighted by molar-refractivity contribution is -0.147. The third-order valence-electron chi connectivity index (χ3n) is 4.49. The van der Waals surface area contributed by atoms with Crippen molar-refractivity contribution in [3.8, 4) is 0 Å². The number of ether oxygens (including phenoxy) is 1. The van der Waals surface area contributed by atoms with E-state index in [0.717, 1.165) is 5.56 Å². The Kier molecular flexibility index (Phi) is 7.12. The van der Waals surface area contributed by atoms with Crippen LogP contribution in [0.5, 0.6) is 0 Å². The SMILES string of the molecule is CCOC(=O)C[C@H]1C(=O)NCCN1C(=S)NC(=O)c1ccc(C(C)(C)C)cc1. The number of thiocarbonyl (C=S) groups is 1. The Morgan fingerprint density at radius 2 is 1.93 bits per heavy atom. The number of hydrogen-bond donors (Lipinski definition) is 2. The Bertz CT molecular complexity index is 756. The molecule has 1 aromatic rings. The Morgan fingerprint density at radius 3 is 2.50 bits per heavy atom. The molecule has 2 amide bonds. The molecule has 1 saturated heterocycles. The van der Waals surface area contributed by atoms with Crippen LogP contribution in [-0.4, -0.2) is 53.5 Å². The maximum atomic E-state index is 12.6. The fraction of sp³-hybridized carbons (Fsp3) is 0.500. The van der Waals surface area contributed by atoms with Gasteiger partial charge in [-0.2, -0.15) is 0 Å². The lowest BCUT2D eigenvalue weighted by Gasteiger charge is -2.36. The van der Waals surface area contributed by atoms with Crippen LogP contribution in [0.4, 0.5) is 0 Å². The third-order valence-corrected chi connectivity index (χ3v) is 4.83. The number of carbonyl (C=O) groups is 3. The zero-order valence-corrected chi connectivity index (χ0v) is 17.5. The summed E-state index contributed by atoms with van der Waals surface area (Å²) in [7, 11) is 0. The molecule has 0 unspecified atom stereocenters. The Morgan fingerprint density at radius 1 is 1.29 bits per heavy atom. The van der Waals surface area contributed by atoms with Crippen LogP contribution in [0, 0.1) is 0 Å². The lowest BCUT2D eigenvalue weighted by Crippen LogP contribution is -2.60. The summed E-state index contributed by atoms with van der Waals surface area (Å²) in [6, 6.07) is 6.52. The Hall–Kier alpha value is -2.48. The molecule has 1 aliphatic heterocycles. The van der Waals surface area contributed by atoms with Crippen molar-refractivity contribution in [2.24, 2.45) is 0 Å². The zero-order valence-electron chi connectivity index (χ0n) is 16.7. The number of amides is 2. The highest BCUT2D eigenvalue weighted by atomic mass is 32.1. The highest BCUT2D eigenvalue weighted by Gasteiger charge is 2.34. The molecule has 8 heteroatoms. The number of nitrogens with zero attached hydrogens (tertiary/aromatic N) is 1. The van der Waals surface area contributed by atoms with Crippen molar-refractivity contribution < 1.29 is 19.1 Å². The largest absolute Gasteiger partial charge is 0.466 e. The van der Waals surface area contributed by atoms with Crippen LogP contribution in [0.1, 0.15) is 50.0 Å². The number of rotatable bonds is 4. The van der Waals surface area contributed by atoms with Crippen LogP contribution in [0.25, 0.3) is 0 Å². The second-order valence-corrected chi connectivity index (χ2v) is 7.98. The van der Waals surface area contributed by atoms with Crippen molar-refractivity contribution in [1.82, 2.24) is 15.5 Å². The monoisotopic (exact) mass is 405 g/mol. The second kappa shape index (κ2) is 9.14. The maximum absolute atomic E-state index is 12.6. The Labute approximate surface area is 170 Å². The average molecular weight is 406 g/mol. The minimum Gasteiger partial charge on any atom is -0.466 e. The molecular weight excluding hydrogens is 378 g/mol. The maximum Gasteiger partial charge on any atom is 0.308 e. The van der Waals surface area contributed by atoms with E-state index in [-0.39, 0.29) is 35.4 Å². The number of hydrogen-bond acceptors (Lipinski definition) is 5. The molecule has 1 fully saturated rings. The molecule has 0 spiro atoms. The normalized spacial score (nSPS) is 16.9. The van der Waals surface area contributed by atoms with Crippen LogP contribution in [0.3, 0.4) is 0 Å². The van der Waals surface area contributed by atoms with Gasteiger partial charge in [0.2, 0.25) is 5.91 Å². The molecule has 7 nitrogen and oxygen atoms in total. The summed E-state index contributed by atoms with van der Waals surface area (Å²) in [5.74, 6) is -1.15. The Balaban J connectivity index is 2.07. The van der Waals surface area contributed by atoms with Crippen LogP contribution >= 0.6 is 12.2 Å². The first-order valence-corrected chi connectivity index (χ1v) is 9.70. The van der Waals surface area contributed by atoms with E-state index in [4.69, 9.17) is 17.0 Å². The van der Waals surface area contributed by atoms with E-state index in [0.29, 0.717) is 18.7 Å². The molecule has 0 aliphatic carbocycles. The van der Waals surface area contributed by atoms with E-state index in [1.54, 1.807) is 24.0 Å². The van der Waals surface area contributed by atoms with E-state index in [9.17, 15) is 14.4 Å². The van der Waals surface area contributed by atoms with Crippen molar-refractivity contribution in [1.29, 1.82) is 0 Å². The summed E-state index contributed by atoms with van der Waals surface area (Å²) in [5.41, 5.74) is 1.58. The number of piperazine rings is 1. The van der Waals surface area contributed by atoms with Gasteiger partial charge in [0.1, 0.15) is 6.04 Å². The average Bonchev–Trinajstić information content (AvgIpc) is 2.63. The summed E-state index contributed by atoms with van der Waals surface area (Å²) in [4.78, 5) is 38.1. The second-order valence-electron chi connectivity index (χ2n) is 7.60. The van der Waals surface area contributed by atoms with E-state index in [1.807, 2.05) is 12.1 Å². The molecule has 2 rings (SSSR count). The molecule has 0 radical (unpaired) electrons. The van der Waals surface area contributed by atoms with Crippen molar-refractivity contribution in [3.63, 3.8) is 0 Å². The van der Waals surface area contributed by atoms with Crippen molar-refractivity contribution >= 4 is 35.1 Å². The lowest BCUT2D eigenvalue weighted by atomic mass is 9.87. The first-order chi connectivity index (χ1) is 13.1. The van der Waals surface area contributed by atoms with E-state index in [1.165, 1.54) is 0 Å². The summed E-state index contributed by atoms with van der Waals surface area (Å²) in [6.07, 6.45) is -0.129. The molecule has 152 valence electrons. The standard InChI is InChI=1S/C20H27N3O4S/c1-5-27-16(24)12-15-18(26)21-10-11-23(15)19(28)22-17(25)13-6-8-14(9-7-13)20(2,3)4/h6-9,15H,5,10-12H2,1-4H3,(H,21,26)(H,22,25,28)/t15-/m0/s1. The quantitative estimate of drug-likeness (QED) is 0.586. The van der Waals surface area contributed by atoms with Crippen molar-refractivity contribution in [3.05, 3.63) is 35.4 Å². The highest BCUT2D eigenvalue weighted by Crippen LogP contribution is 2.22. The molecule has 28 heavy (non-hydrogen) atoms. The van der Waals surface area contributed by atoms with Gasteiger partial charge in [-0.1, -0.05) is 32.9 Å².